The van der Waals surface area contributed by atoms with Gasteiger partial charge in [0.2, 0.25) is 10.0 Å². The van der Waals surface area contributed by atoms with E-state index >= 15 is 0 Å². The molecule has 0 saturated carbocycles. The number of halogens is 2. The first-order chi connectivity index (χ1) is 8.01. The minimum atomic E-state index is -3.68. The second-order valence-corrected chi connectivity index (χ2v) is 5.10. The average molecular weight is 299 g/mol. The molecule has 0 amide bonds. The van der Waals surface area contributed by atoms with Gasteiger partial charge in [-0.3, -0.25) is 0 Å². The predicted octanol–water partition coefficient (Wildman–Crippen LogP) is 0.883. The van der Waals surface area contributed by atoms with Gasteiger partial charge in [0, 0.05) is 6.54 Å². The number of ether oxygens (including phenoxy) is 1. The topological polar surface area (TPSA) is 81.4 Å². The van der Waals surface area contributed by atoms with Crippen LogP contribution in [0.4, 0.5) is 4.39 Å². The molecule has 3 N–H and O–H groups in total. The zero-order valence-corrected chi connectivity index (χ0v) is 11.5. The number of nitrogens with one attached hydrogen (secondary N) is 1. The van der Waals surface area contributed by atoms with E-state index in [1.165, 1.54) is 19.2 Å². The molecule has 0 heterocycles. The second-order valence-electron chi connectivity index (χ2n) is 3.34. The monoisotopic (exact) mass is 298 g/mol. The van der Waals surface area contributed by atoms with Crippen LogP contribution in [0.3, 0.4) is 0 Å². The van der Waals surface area contributed by atoms with E-state index in [-0.39, 0.29) is 29.6 Å². The standard InChI is InChI=1S/C10H15FN2O3S.ClH/c1-16-10-4-3-8(7-9(10)11)17(14,15)13-6-2-5-12;/h3-4,7,13H,2,5-6,12H2,1H3;1H. The highest BCUT2D eigenvalue weighted by Crippen LogP contribution is 2.20. The number of hydrogen-bond acceptors (Lipinski definition) is 4. The van der Waals surface area contributed by atoms with Gasteiger partial charge in [0.25, 0.3) is 0 Å². The number of benzene rings is 1. The lowest BCUT2D eigenvalue weighted by Crippen LogP contribution is -2.26. The van der Waals surface area contributed by atoms with E-state index in [1.54, 1.807) is 0 Å². The minimum Gasteiger partial charge on any atom is -0.494 e. The van der Waals surface area contributed by atoms with Crippen molar-refractivity contribution in [3.8, 4) is 5.75 Å². The Balaban J connectivity index is 0.00000289. The predicted molar refractivity (Wildman–Crippen MR) is 69.1 cm³/mol. The summed E-state index contributed by atoms with van der Waals surface area (Å²) in [7, 11) is -2.37. The third-order valence-corrected chi connectivity index (χ3v) is 3.57. The smallest absolute Gasteiger partial charge is 0.240 e. The van der Waals surface area contributed by atoms with E-state index in [1.807, 2.05) is 0 Å². The minimum absolute atomic E-state index is 0. The molecule has 5 nitrogen and oxygen atoms in total. The summed E-state index contributed by atoms with van der Waals surface area (Å²) in [6.45, 7) is 0.617. The van der Waals surface area contributed by atoms with Crippen molar-refractivity contribution in [1.29, 1.82) is 0 Å². The number of sulfonamides is 1. The highest BCUT2D eigenvalue weighted by molar-refractivity contribution is 7.89. The molecule has 1 aromatic rings. The van der Waals surface area contributed by atoms with Crippen molar-refractivity contribution in [2.75, 3.05) is 20.2 Å². The Morgan fingerprint density at radius 3 is 2.61 bits per heavy atom. The molecule has 0 radical (unpaired) electrons. The van der Waals surface area contributed by atoms with E-state index in [0.717, 1.165) is 6.07 Å². The summed E-state index contributed by atoms with van der Waals surface area (Å²) in [5.41, 5.74) is 5.25. The van der Waals surface area contributed by atoms with Gasteiger partial charge in [0.05, 0.1) is 12.0 Å². The first-order valence-electron chi connectivity index (χ1n) is 5.04. The summed E-state index contributed by atoms with van der Waals surface area (Å²) in [6, 6.07) is 3.48. The van der Waals surface area contributed by atoms with Gasteiger partial charge in [-0.05, 0) is 31.2 Å². The molecule has 8 heteroatoms. The number of hydrogen-bond donors (Lipinski definition) is 2. The first-order valence-corrected chi connectivity index (χ1v) is 6.53. The Kier molecular flexibility index (Phi) is 7.15. The van der Waals surface area contributed by atoms with Crippen molar-refractivity contribution < 1.29 is 17.5 Å². The zero-order valence-electron chi connectivity index (χ0n) is 9.85. The molecular weight excluding hydrogens is 283 g/mol. The van der Waals surface area contributed by atoms with Crippen molar-refractivity contribution in [2.45, 2.75) is 11.3 Å². The van der Waals surface area contributed by atoms with Crippen molar-refractivity contribution >= 4 is 22.4 Å². The summed E-state index contributed by atoms with van der Waals surface area (Å²) >= 11 is 0. The van der Waals surface area contributed by atoms with Crippen LogP contribution in [-0.2, 0) is 10.0 Å². The van der Waals surface area contributed by atoms with Crippen LogP contribution in [-0.4, -0.2) is 28.6 Å². The number of rotatable bonds is 6. The van der Waals surface area contributed by atoms with E-state index in [2.05, 4.69) is 4.72 Å². The third kappa shape index (κ3) is 4.41. The van der Waals surface area contributed by atoms with E-state index in [4.69, 9.17) is 10.5 Å². The molecule has 1 rings (SSSR count). The molecule has 0 aliphatic carbocycles. The van der Waals surface area contributed by atoms with Gasteiger partial charge in [-0.1, -0.05) is 0 Å². The van der Waals surface area contributed by atoms with Crippen molar-refractivity contribution in [3.05, 3.63) is 24.0 Å². The molecule has 0 saturated heterocycles. The van der Waals surface area contributed by atoms with Gasteiger partial charge >= 0.3 is 0 Å². The van der Waals surface area contributed by atoms with Crippen molar-refractivity contribution in [3.63, 3.8) is 0 Å². The van der Waals surface area contributed by atoms with Crippen LogP contribution in [0.2, 0.25) is 0 Å². The molecule has 0 unspecified atom stereocenters. The second kappa shape index (κ2) is 7.52. The molecule has 1 aromatic carbocycles. The lowest BCUT2D eigenvalue weighted by molar-refractivity contribution is 0.385. The summed E-state index contributed by atoms with van der Waals surface area (Å²) in [5.74, 6) is -0.708. The van der Waals surface area contributed by atoms with Crippen LogP contribution < -0.4 is 15.2 Å². The summed E-state index contributed by atoms with van der Waals surface area (Å²) in [6.07, 6.45) is 0.526. The lowest BCUT2D eigenvalue weighted by atomic mass is 10.3. The van der Waals surface area contributed by atoms with Gasteiger partial charge in [-0.25, -0.2) is 17.5 Å². The molecule has 18 heavy (non-hydrogen) atoms. The maximum atomic E-state index is 13.3. The maximum Gasteiger partial charge on any atom is 0.240 e. The van der Waals surface area contributed by atoms with Gasteiger partial charge in [-0.2, -0.15) is 0 Å². The quantitative estimate of drug-likeness (QED) is 0.764. The summed E-state index contributed by atoms with van der Waals surface area (Å²) in [5, 5.41) is 0. The molecular formula is C10H16ClFN2O3S. The van der Waals surface area contributed by atoms with Gasteiger partial charge < -0.3 is 10.5 Å². The molecule has 0 aliphatic heterocycles. The van der Waals surface area contributed by atoms with E-state index in [9.17, 15) is 12.8 Å². The maximum absolute atomic E-state index is 13.3. The normalized spacial score (nSPS) is 10.8. The largest absolute Gasteiger partial charge is 0.494 e. The molecule has 0 bridgehead atoms. The van der Waals surface area contributed by atoms with Crippen LogP contribution in [0.15, 0.2) is 23.1 Å². The highest BCUT2D eigenvalue weighted by atomic mass is 35.5. The molecule has 0 fully saturated rings. The fraction of sp³-hybridized carbons (Fsp3) is 0.400. The number of nitrogens with two attached hydrogens (primary N) is 1. The highest BCUT2D eigenvalue weighted by Gasteiger charge is 2.15. The van der Waals surface area contributed by atoms with Crippen LogP contribution in [0, 0.1) is 5.82 Å². The Bertz CT molecular complexity index is 482. The van der Waals surface area contributed by atoms with Gasteiger partial charge in [-0.15, -0.1) is 12.4 Å². The zero-order chi connectivity index (χ0) is 12.9. The van der Waals surface area contributed by atoms with Crippen LogP contribution in [0.5, 0.6) is 5.75 Å². The lowest BCUT2D eigenvalue weighted by Gasteiger charge is -2.07. The molecule has 0 aliphatic rings. The third-order valence-electron chi connectivity index (χ3n) is 2.11. The van der Waals surface area contributed by atoms with Crippen molar-refractivity contribution in [2.24, 2.45) is 5.73 Å². The van der Waals surface area contributed by atoms with Crippen LogP contribution in [0.25, 0.3) is 0 Å². The number of methoxy groups -OCH3 is 1. The van der Waals surface area contributed by atoms with Gasteiger partial charge in [0.1, 0.15) is 0 Å². The molecule has 0 aromatic heterocycles. The molecule has 104 valence electrons. The van der Waals surface area contributed by atoms with Crippen LogP contribution >= 0.6 is 12.4 Å². The Morgan fingerprint density at radius 1 is 1.44 bits per heavy atom. The molecule has 0 spiro atoms. The summed E-state index contributed by atoms with van der Waals surface area (Å²) < 4.78 is 43.8. The first kappa shape index (κ1) is 17.1. The fourth-order valence-electron chi connectivity index (χ4n) is 1.21. The Morgan fingerprint density at radius 2 is 2.11 bits per heavy atom. The molecule has 0 atom stereocenters. The fourth-order valence-corrected chi connectivity index (χ4v) is 2.29. The SMILES string of the molecule is COc1ccc(S(=O)(=O)NCCCN)cc1F.Cl. The van der Waals surface area contributed by atoms with Crippen molar-refractivity contribution in [1.82, 2.24) is 4.72 Å². The van der Waals surface area contributed by atoms with Gasteiger partial charge in [0.15, 0.2) is 11.6 Å². The average Bonchev–Trinajstić information content (AvgIpc) is 2.29. The summed E-state index contributed by atoms with van der Waals surface area (Å²) in [4.78, 5) is -0.132. The Labute approximate surface area is 112 Å². The van der Waals surface area contributed by atoms with Crippen LogP contribution in [0.1, 0.15) is 6.42 Å². The Hall–Kier alpha value is -0.890. The van der Waals surface area contributed by atoms with E-state index in [0.29, 0.717) is 13.0 Å². The van der Waals surface area contributed by atoms with E-state index < -0.39 is 15.8 Å².